The van der Waals surface area contributed by atoms with Crippen LogP contribution in [-0.4, -0.2) is 50.7 Å². The van der Waals surface area contributed by atoms with Gasteiger partial charge in [0, 0.05) is 13.1 Å². The van der Waals surface area contributed by atoms with Crippen molar-refractivity contribution in [3.63, 3.8) is 0 Å². The highest BCUT2D eigenvalue weighted by Gasteiger charge is 2.19. The van der Waals surface area contributed by atoms with E-state index in [0.29, 0.717) is 18.4 Å². The van der Waals surface area contributed by atoms with Gasteiger partial charge in [-0.15, -0.1) is 0 Å². The molecule has 1 aromatic heterocycles. The van der Waals surface area contributed by atoms with Crippen LogP contribution >= 0.6 is 0 Å². The first-order chi connectivity index (χ1) is 12.5. The summed E-state index contributed by atoms with van der Waals surface area (Å²) in [5.41, 5.74) is 0.163. The first kappa shape index (κ1) is 17.9. The Morgan fingerprint density at radius 1 is 1.27 bits per heavy atom. The summed E-state index contributed by atoms with van der Waals surface area (Å²) in [4.78, 5) is 31.2. The SMILES string of the molecule is O=C(O)c1cnc(NCC2CCN(Cc3ccc(O)cc3)CC2)[nH]c1=O. The fourth-order valence-corrected chi connectivity index (χ4v) is 3.09. The lowest BCUT2D eigenvalue weighted by molar-refractivity contribution is 0.0694. The lowest BCUT2D eigenvalue weighted by Crippen LogP contribution is -2.35. The van der Waals surface area contributed by atoms with Crippen molar-refractivity contribution in [1.29, 1.82) is 0 Å². The summed E-state index contributed by atoms with van der Waals surface area (Å²) in [6.07, 6.45) is 3.13. The van der Waals surface area contributed by atoms with Crippen LogP contribution in [-0.2, 0) is 6.54 Å². The van der Waals surface area contributed by atoms with Crippen molar-refractivity contribution in [2.45, 2.75) is 19.4 Å². The molecule has 0 amide bonds. The fraction of sp³-hybridized carbons (Fsp3) is 0.389. The van der Waals surface area contributed by atoms with Crippen molar-refractivity contribution < 1.29 is 15.0 Å². The quantitative estimate of drug-likeness (QED) is 0.618. The second-order valence-electron chi connectivity index (χ2n) is 6.55. The van der Waals surface area contributed by atoms with Crippen molar-refractivity contribution >= 4 is 11.9 Å². The van der Waals surface area contributed by atoms with Gasteiger partial charge in [0.05, 0.1) is 6.20 Å². The number of hydrogen-bond donors (Lipinski definition) is 4. The Morgan fingerprint density at radius 2 is 1.96 bits per heavy atom. The Balaban J connectivity index is 1.45. The number of carboxylic acid groups (broad SMARTS) is 1. The number of aromatic carboxylic acids is 1. The molecule has 0 aliphatic carbocycles. The van der Waals surface area contributed by atoms with Gasteiger partial charge in [0.1, 0.15) is 11.3 Å². The van der Waals surface area contributed by atoms with E-state index in [-0.39, 0.29) is 11.3 Å². The third-order valence-electron chi connectivity index (χ3n) is 4.64. The Bertz CT molecular complexity index is 811. The van der Waals surface area contributed by atoms with Crippen molar-refractivity contribution in [2.24, 2.45) is 5.92 Å². The Morgan fingerprint density at radius 3 is 2.58 bits per heavy atom. The van der Waals surface area contributed by atoms with Crippen LogP contribution < -0.4 is 10.9 Å². The largest absolute Gasteiger partial charge is 0.508 e. The van der Waals surface area contributed by atoms with Gasteiger partial charge in [-0.25, -0.2) is 9.78 Å². The second kappa shape index (κ2) is 8.01. The minimum Gasteiger partial charge on any atom is -0.508 e. The molecule has 0 bridgehead atoms. The van der Waals surface area contributed by atoms with Crippen LogP contribution in [0.5, 0.6) is 5.75 Å². The maximum absolute atomic E-state index is 11.6. The Hall–Kier alpha value is -2.87. The number of rotatable bonds is 6. The zero-order valence-corrected chi connectivity index (χ0v) is 14.3. The summed E-state index contributed by atoms with van der Waals surface area (Å²) in [6.45, 7) is 3.51. The number of phenols is 1. The molecule has 2 aromatic rings. The fourth-order valence-electron chi connectivity index (χ4n) is 3.09. The number of likely N-dealkylation sites (tertiary alicyclic amines) is 1. The van der Waals surface area contributed by atoms with Crippen LogP contribution in [0.3, 0.4) is 0 Å². The molecule has 2 heterocycles. The molecular formula is C18H22N4O4. The van der Waals surface area contributed by atoms with E-state index in [0.717, 1.165) is 38.7 Å². The molecule has 1 aromatic carbocycles. The van der Waals surface area contributed by atoms with Gasteiger partial charge in [-0.3, -0.25) is 14.7 Å². The first-order valence-electron chi connectivity index (χ1n) is 8.58. The molecule has 8 heteroatoms. The highest BCUT2D eigenvalue weighted by molar-refractivity contribution is 5.86. The number of carbonyl (C=O) groups is 1. The number of nitrogens with one attached hydrogen (secondary N) is 2. The monoisotopic (exact) mass is 358 g/mol. The van der Waals surface area contributed by atoms with Gasteiger partial charge in [-0.2, -0.15) is 0 Å². The average molecular weight is 358 g/mol. The smallest absolute Gasteiger partial charge is 0.342 e. The van der Waals surface area contributed by atoms with E-state index >= 15 is 0 Å². The molecule has 3 rings (SSSR count). The van der Waals surface area contributed by atoms with Crippen molar-refractivity contribution in [3.05, 3.63) is 51.9 Å². The summed E-state index contributed by atoms with van der Waals surface area (Å²) in [5, 5.41) is 21.3. The van der Waals surface area contributed by atoms with Crippen LogP contribution in [0.15, 0.2) is 35.3 Å². The molecule has 1 fully saturated rings. The van der Waals surface area contributed by atoms with E-state index in [1.807, 2.05) is 12.1 Å². The predicted molar refractivity (Wildman–Crippen MR) is 96.4 cm³/mol. The summed E-state index contributed by atoms with van der Waals surface area (Å²) in [5.74, 6) is -0.241. The lowest BCUT2D eigenvalue weighted by atomic mass is 9.96. The second-order valence-corrected chi connectivity index (χ2v) is 6.55. The van der Waals surface area contributed by atoms with Gasteiger partial charge in [0.25, 0.3) is 5.56 Å². The zero-order valence-electron chi connectivity index (χ0n) is 14.3. The standard InChI is InChI=1S/C18H22N4O4/c23-14-3-1-13(2-4-14)11-22-7-5-12(6-8-22)9-19-18-20-10-15(17(25)26)16(24)21-18/h1-4,10,12,23H,5-9,11H2,(H,25,26)(H2,19,20,21,24). The number of H-pyrrole nitrogens is 1. The van der Waals surface area contributed by atoms with Gasteiger partial charge >= 0.3 is 5.97 Å². The molecule has 4 N–H and O–H groups in total. The molecular weight excluding hydrogens is 336 g/mol. The molecule has 1 aliphatic rings. The number of nitrogens with zero attached hydrogens (tertiary/aromatic N) is 2. The Labute approximate surface area is 150 Å². The van der Waals surface area contributed by atoms with E-state index in [1.54, 1.807) is 12.1 Å². The minimum atomic E-state index is -1.29. The number of piperidine rings is 1. The summed E-state index contributed by atoms with van der Waals surface area (Å²) in [6, 6.07) is 7.28. The summed E-state index contributed by atoms with van der Waals surface area (Å²) >= 11 is 0. The third kappa shape index (κ3) is 4.60. The van der Waals surface area contributed by atoms with E-state index < -0.39 is 11.5 Å². The van der Waals surface area contributed by atoms with Gasteiger partial charge in [0.15, 0.2) is 0 Å². The van der Waals surface area contributed by atoms with Gasteiger partial charge in [-0.05, 0) is 49.5 Å². The maximum Gasteiger partial charge on any atom is 0.342 e. The van der Waals surface area contributed by atoms with Gasteiger partial charge < -0.3 is 15.5 Å². The van der Waals surface area contributed by atoms with E-state index in [2.05, 4.69) is 20.2 Å². The lowest BCUT2D eigenvalue weighted by Gasteiger charge is -2.32. The minimum absolute atomic E-state index is 0.279. The number of aromatic hydroxyl groups is 1. The molecule has 1 saturated heterocycles. The third-order valence-corrected chi connectivity index (χ3v) is 4.64. The van der Waals surface area contributed by atoms with E-state index in [4.69, 9.17) is 5.11 Å². The van der Waals surface area contributed by atoms with Crippen LogP contribution in [0.1, 0.15) is 28.8 Å². The maximum atomic E-state index is 11.6. The van der Waals surface area contributed by atoms with Crippen molar-refractivity contribution in [1.82, 2.24) is 14.9 Å². The molecule has 8 nitrogen and oxygen atoms in total. The molecule has 26 heavy (non-hydrogen) atoms. The molecule has 0 radical (unpaired) electrons. The number of hydrogen-bond acceptors (Lipinski definition) is 6. The Kier molecular flexibility index (Phi) is 5.52. The molecule has 0 spiro atoms. The molecule has 1 aliphatic heterocycles. The number of benzene rings is 1. The number of carboxylic acids is 1. The van der Waals surface area contributed by atoms with E-state index in [9.17, 15) is 14.7 Å². The normalized spacial score (nSPS) is 15.7. The summed E-state index contributed by atoms with van der Waals surface area (Å²) in [7, 11) is 0. The number of anilines is 1. The first-order valence-corrected chi connectivity index (χ1v) is 8.58. The molecule has 0 unspecified atom stereocenters. The molecule has 0 saturated carbocycles. The number of aromatic nitrogens is 2. The molecule has 0 atom stereocenters. The number of aromatic amines is 1. The van der Waals surface area contributed by atoms with Gasteiger partial charge in [0.2, 0.25) is 5.95 Å². The zero-order chi connectivity index (χ0) is 18.5. The summed E-state index contributed by atoms with van der Waals surface area (Å²) < 4.78 is 0. The van der Waals surface area contributed by atoms with Crippen LogP contribution in [0, 0.1) is 5.92 Å². The predicted octanol–water partition coefficient (Wildman–Crippen LogP) is 1.50. The average Bonchev–Trinajstić information content (AvgIpc) is 2.63. The number of phenolic OH excluding ortho intramolecular Hbond substituents is 1. The van der Waals surface area contributed by atoms with Crippen LogP contribution in [0.25, 0.3) is 0 Å². The highest BCUT2D eigenvalue weighted by Crippen LogP contribution is 2.20. The van der Waals surface area contributed by atoms with Crippen LogP contribution in [0.4, 0.5) is 5.95 Å². The van der Waals surface area contributed by atoms with Crippen molar-refractivity contribution in [2.75, 3.05) is 25.0 Å². The highest BCUT2D eigenvalue weighted by atomic mass is 16.4. The molecule has 138 valence electrons. The van der Waals surface area contributed by atoms with Crippen LogP contribution in [0.2, 0.25) is 0 Å². The van der Waals surface area contributed by atoms with E-state index in [1.165, 1.54) is 5.56 Å². The van der Waals surface area contributed by atoms with Crippen molar-refractivity contribution in [3.8, 4) is 5.75 Å². The van der Waals surface area contributed by atoms with Gasteiger partial charge in [-0.1, -0.05) is 12.1 Å². The topological polar surface area (TPSA) is 119 Å².